The summed E-state index contributed by atoms with van der Waals surface area (Å²) >= 11 is 0. The summed E-state index contributed by atoms with van der Waals surface area (Å²) in [5.41, 5.74) is 5.63. The van der Waals surface area contributed by atoms with Crippen LogP contribution in [0.1, 0.15) is 12.8 Å². The zero-order valence-electron chi connectivity index (χ0n) is 11.0. The van der Waals surface area contributed by atoms with Gasteiger partial charge in [-0.1, -0.05) is 0 Å². The first kappa shape index (κ1) is 14.6. The fraction of sp³-hybridized carbons (Fsp3) is 0.727. The molecule has 0 radical (unpaired) electrons. The summed E-state index contributed by atoms with van der Waals surface area (Å²) in [5, 5.41) is 8.96. The summed E-state index contributed by atoms with van der Waals surface area (Å²) in [6.45, 7) is 0.837. The number of nitrogens with two attached hydrogens (primary N) is 1. The van der Waals surface area contributed by atoms with Gasteiger partial charge >= 0.3 is 0 Å². The van der Waals surface area contributed by atoms with E-state index in [1.165, 1.54) is 4.90 Å². The summed E-state index contributed by atoms with van der Waals surface area (Å²) in [5.74, 6) is 0.477. The standard InChI is InChI=1S/C11H18F2N6O/c12-8(13)7-19(5-6-20)11-16-9(14)15-10(17-11)18-3-1-2-4-18/h8,20H,1-7H2,(H2,14,15,16,17). The largest absolute Gasteiger partial charge is 0.395 e. The van der Waals surface area contributed by atoms with Gasteiger partial charge in [0.05, 0.1) is 13.2 Å². The lowest BCUT2D eigenvalue weighted by molar-refractivity contribution is 0.152. The van der Waals surface area contributed by atoms with Crippen LogP contribution in [0, 0.1) is 0 Å². The molecule has 1 aromatic rings. The fourth-order valence-corrected chi connectivity index (χ4v) is 2.13. The number of anilines is 3. The van der Waals surface area contributed by atoms with Crippen molar-refractivity contribution in [1.29, 1.82) is 0 Å². The molecular formula is C11H18F2N6O. The van der Waals surface area contributed by atoms with Gasteiger partial charge in [-0.2, -0.15) is 15.0 Å². The van der Waals surface area contributed by atoms with Gasteiger partial charge in [-0.15, -0.1) is 0 Å². The van der Waals surface area contributed by atoms with E-state index in [-0.39, 0.29) is 25.0 Å². The second kappa shape index (κ2) is 6.60. The van der Waals surface area contributed by atoms with Crippen LogP contribution in [0.25, 0.3) is 0 Å². The maximum absolute atomic E-state index is 12.6. The van der Waals surface area contributed by atoms with Crippen LogP contribution in [-0.4, -0.2) is 59.3 Å². The van der Waals surface area contributed by atoms with Crippen LogP contribution in [-0.2, 0) is 0 Å². The van der Waals surface area contributed by atoms with Crippen LogP contribution in [0.3, 0.4) is 0 Å². The van der Waals surface area contributed by atoms with E-state index in [1.54, 1.807) is 0 Å². The van der Waals surface area contributed by atoms with Crippen molar-refractivity contribution in [3.63, 3.8) is 0 Å². The van der Waals surface area contributed by atoms with Gasteiger partial charge in [-0.05, 0) is 12.8 Å². The number of aliphatic hydroxyl groups is 1. The van der Waals surface area contributed by atoms with Gasteiger partial charge in [0.2, 0.25) is 17.8 Å². The van der Waals surface area contributed by atoms with Gasteiger partial charge in [0.1, 0.15) is 0 Å². The molecule has 1 saturated heterocycles. The van der Waals surface area contributed by atoms with E-state index < -0.39 is 13.0 Å². The van der Waals surface area contributed by atoms with E-state index in [2.05, 4.69) is 15.0 Å². The van der Waals surface area contributed by atoms with Gasteiger partial charge in [0, 0.05) is 19.6 Å². The van der Waals surface area contributed by atoms with Crippen LogP contribution in [0.2, 0.25) is 0 Å². The van der Waals surface area contributed by atoms with Gasteiger partial charge in [-0.3, -0.25) is 0 Å². The monoisotopic (exact) mass is 288 g/mol. The number of alkyl halides is 2. The van der Waals surface area contributed by atoms with Crippen LogP contribution >= 0.6 is 0 Å². The molecule has 0 unspecified atom stereocenters. The van der Waals surface area contributed by atoms with Crippen LogP contribution < -0.4 is 15.5 Å². The summed E-state index contributed by atoms with van der Waals surface area (Å²) in [6.07, 6.45) is -0.467. The molecule has 9 heteroatoms. The predicted octanol–water partition coefficient (Wildman–Crippen LogP) is 0.118. The molecule has 1 aromatic heterocycles. The Morgan fingerprint density at radius 3 is 2.55 bits per heavy atom. The fourth-order valence-electron chi connectivity index (χ4n) is 2.13. The average Bonchev–Trinajstić information content (AvgIpc) is 2.91. The third-order valence-corrected chi connectivity index (χ3v) is 3.03. The molecule has 0 spiro atoms. The molecule has 0 amide bonds. The van der Waals surface area contributed by atoms with Crippen molar-refractivity contribution < 1.29 is 13.9 Å². The lowest BCUT2D eigenvalue weighted by Gasteiger charge is -2.23. The highest BCUT2D eigenvalue weighted by Crippen LogP contribution is 2.19. The SMILES string of the molecule is Nc1nc(N2CCCC2)nc(N(CCO)CC(F)F)n1. The minimum Gasteiger partial charge on any atom is -0.395 e. The van der Waals surface area contributed by atoms with E-state index in [0.717, 1.165) is 25.9 Å². The highest BCUT2D eigenvalue weighted by atomic mass is 19.3. The molecule has 7 nitrogen and oxygen atoms in total. The quantitative estimate of drug-likeness (QED) is 0.768. The molecule has 0 aliphatic carbocycles. The Hall–Kier alpha value is -1.77. The third kappa shape index (κ3) is 3.62. The maximum Gasteiger partial charge on any atom is 0.255 e. The topological polar surface area (TPSA) is 91.4 Å². The molecular weight excluding hydrogens is 270 g/mol. The second-order valence-electron chi connectivity index (χ2n) is 4.55. The smallest absolute Gasteiger partial charge is 0.255 e. The van der Waals surface area contributed by atoms with Crippen molar-refractivity contribution in [1.82, 2.24) is 15.0 Å². The van der Waals surface area contributed by atoms with Crippen molar-refractivity contribution in [3.05, 3.63) is 0 Å². The third-order valence-electron chi connectivity index (χ3n) is 3.03. The molecule has 0 bridgehead atoms. The Labute approximate surface area is 115 Å². The number of halogens is 2. The van der Waals surface area contributed by atoms with Crippen molar-refractivity contribution in [2.45, 2.75) is 19.3 Å². The van der Waals surface area contributed by atoms with E-state index in [9.17, 15) is 8.78 Å². The van der Waals surface area contributed by atoms with Crippen LogP contribution in [0.5, 0.6) is 0 Å². The molecule has 112 valence electrons. The van der Waals surface area contributed by atoms with E-state index in [0.29, 0.717) is 5.95 Å². The zero-order chi connectivity index (χ0) is 14.5. The van der Waals surface area contributed by atoms with Crippen molar-refractivity contribution in [2.24, 2.45) is 0 Å². The number of aliphatic hydroxyl groups excluding tert-OH is 1. The normalized spacial score (nSPS) is 15.1. The first-order chi connectivity index (χ1) is 9.60. The van der Waals surface area contributed by atoms with Gasteiger partial charge in [0.25, 0.3) is 6.43 Å². The molecule has 0 saturated carbocycles. The second-order valence-corrected chi connectivity index (χ2v) is 4.55. The minimum absolute atomic E-state index is 0.00546. The summed E-state index contributed by atoms with van der Waals surface area (Å²) in [7, 11) is 0. The molecule has 1 aliphatic rings. The van der Waals surface area contributed by atoms with Gasteiger partial charge < -0.3 is 20.6 Å². The minimum atomic E-state index is -2.55. The molecule has 0 aromatic carbocycles. The summed E-state index contributed by atoms with van der Waals surface area (Å²) in [6, 6.07) is 0. The number of hydrogen-bond acceptors (Lipinski definition) is 7. The first-order valence-corrected chi connectivity index (χ1v) is 6.50. The Balaban J connectivity index is 2.23. The molecule has 3 N–H and O–H groups in total. The average molecular weight is 288 g/mol. The first-order valence-electron chi connectivity index (χ1n) is 6.50. The Bertz CT molecular complexity index is 441. The Morgan fingerprint density at radius 1 is 1.25 bits per heavy atom. The van der Waals surface area contributed by atoms with Crippen molar-refractivity contribution in [3.8, 4) is 0 Å². The molecule has 1 aliphatic heterocycles. The molecule has 0 atom stereocenters. The predicted molar refractivity (Wildman–Crippen MR) is 71.0 cm³/mol. The number of nitrogens with zero attached hydrogens (tertiary/aromatic N) is 5. The van der Waals surface area contributed by atoms with E-state index >= 15 is 0 Å². The van der Waals surface area contributed by atoms with Crippen molar-refractivity contribution >= 4 is 17.8 Å². The number of rotatable bonds is 6. The Morgan fingerprint density at radius 2 is 1.95 bits per heavy atom. The molecule has 20 heavy (non-hydrogen) atoms. The Kier molecular flexibility index (Phi) is 4.83. The number of nitrogen functional groups attached to an aromatic ring is 1. The van der Waals surface area contributed by atoms with Crippen molar-refractivity contribution in [2.75, 3.05) is 48.3 Å². The molecule has 2 heterocycles. The summed E-state index contributed by atoms with van der Waals surface area (Å²) < 4.78 is 25.1. The highest BCUT2D eigenvalue weighted by molar-refractivity contribution is 5.44. The van der Waals surface area contributed by atoms with Gasteiger partial charge in [0.15, 0.2) is 0 Å². The lowest BCUT2D eigenvalue weighted by atomic mass is 10.4. The number of hydrogen-bond donors (Lipinski definition) is 2. The van der Waals surface area contributed by atoms with Crippen LogP contribution in [0.15, 0.2) is 0 Å². The lowest BCUT2D eigenvalue weighted by Crippen LogP contribution is -2.34. The highest BCUT2D eigenvalue weighted by Gasteiger charge is 2.20. The van der Waals surface area contributed by atoms with Crippen LogP contribution in [0.4, 0.5) is 26.6 Å². The molecule has 1 fully saturated rings. The summed E-state index contributed by atoms with van der Waals surface area (Å²) in [4.78, 5) is 15.3. The number of aromatic nitrogens is 3. The zero-order valence-corrected chi connectivity index (χ0v) is 11.0. The van der Waals surface area contributed by atoms with Gasteiger partial charge in [-0.25, -0.2) is 8.78 Å². The van der Waals surface area contributed by atoms with E-state index in [4.69, 9.17) is 10.8 Å². The maximum atomic E-state index is 12.6. The molecule has 2 rings (SSSR count). The van der Waals surface area contributed by atoms with E-state index in [1.807, 2.05) is 4.90 Å².